The smallest absolute Gasteiger partial charge is 0.258 e. The lowest BCUT2D eigenvalue weighted by Crippen LogP contribution is -2.59. The minimum Gasteiger partial charge on any atom is -0.489 e. The van der Waals surface area contributed by atoms with Crippen LogP contribution < -0.4 is 15.4 Å². The summed E-state index contributed by atoms with van der Waals surface area (Å²) in [5.41, 5.74) is 2.94. The molecule has 3 amide bonds. The lowest BCUT2D eigenvalue weighted by molar-refractivity contribution is -0.145. The van der Waals surface area contributed by atoms with Crippen molar-refractivity contribution < 1.29 is 33.4 Å². The number of halogens is 1. The van der Waals surface area contributed by atoms with Crippen LogP contribution in [0.5, 0.6) is 5.75 Å². The predicted molar refractivity (Wildman–Crippen MR) is 171 cm³/mol. The van der Waals surface area contributed by atoms with Crippen LogP contribution in [0.2, 0.25) is 0 Å². The van der Waals surface area contributed by atoms with Gasteiger partial charge in [-0.25, -0.2) is 9.37 Å². The molecule has 3 N–H and O–H groups in total. The van der Waals surface area contributed by atoms with E-state index in [1.807, 2.05) is 37.3 Å². The first-order valence-corrected chi connectivity index (χ1v) is 16.1. The molecule has 1 aliphatic carbocycles. The van der Waals surface area contributed by atoms with Gasteiger partial charge in [0, 0.05) is 30.6 Å². The summed E-state index contributed by atoms with van der Waals surface area (Å²) >= 11 is 1.51. The SMILES string of the molecule is Cc1ncsc1-c1ccc(CNC(=O)[C@@H]2C[C@@H](O)CN2C(=O)[C@@H](NC(=O)C2(F)CC2)C(C)(C)C)c(OCc2ccc(C=O)cc2)c1. The van der Waals surface area contributed by atoms with E-state index in [-0.39, 0.29) is 39.0 Å². The van der Waals surface area contributed by atoms with Crippen molar-refractivity contribution in [1.82, 2.24) is 20.5 Å². The fourth-order valence-electron chi connectivity index (χ4n) is 5.43. The molecule has 0 unspecified atom stereocenters. The van der Waals surface area contributed by atoms with Crippen molar-refractivity contribution in [3.05, 3.63) is 70.4 Å². The zero-order valence-corrected chi connectivity index (χ0v) is 27.2. The minimum absolute atomic E-state index is 0.0269. The summed E-state index contributed by atoms with van der Waals surface area (Å²) in [6, 6.07) is 10.7. The Kier molecular flexibility index (Phi) is 9.59. The Labute approximate surface area is 271 Å². The maximum absolute atomic E-state index is 14.5. The van der Waals surface area contributed by atoms with Crippen LogP contribution in [0.15, 0.2) is 48.0 Å². The highest BCUT2D eigenvalue weighted by molar-refractivity contribution is 7.13. The first-order valence-electron chi connectivity index (χ1n) is 15.3. The molecule has 0 bridgehead atoms. The first-order chi connectivity index (χ1) is 21.8. The van der Waals surface area contributed by atoms with Crippen molar-refractivity contribution in [3.63, 3.8) is 0 Å². The lowest BCUT2D eigenvalue weighted by atomic mass is 9.85. The summed E-state index contributed by atoms with van der Waals surface area (Å²) in [5.74, 6) is -1.30. The van der Waals surface area contributed by atoms with Gasteiger partial charge in [-0.05, 0) is 42.4 Å². The fourth-order valence-corrected chi connectivity index (χ4v) is 6.23. The van der Waals surface area contributed by atoms with Gasteiger partial charge >= 0.3 is 0 Å². The number of aldehydes is 1. The third-order valence-corrected chi connectivity index (χ3v) is 9.36. The molecule has 1 saturated heterocycles. The number of amides is 3. The molecule has 1 aromatic heterocycles. The van der Waals surface area contributed by atoms with Gasteiger partial charge in [0.15, 0.2) is 5.67 Å². The number of thiazole rings is 1. The summed E-state index contributed by atoms with van der Waals surface area (Å²) in [7, 11) is 0. The molecule has 2 aliphatic rings. The molecule has 1 aliphatic heterocycles. The standard InChI is InChI=1S/C34H39FN4O6S/c1-20-28(46-19-37-20)23-9-10-24(27(13-23)45-18-22-7-5-21(17-40)6-8-22)15-36-30(42)26-14-25(41)16-39(26)31(43)29(33(2,3)4)38-32(44)34(35)11-12-34/h5-10,13,17,19,25-26,29,41H,11-12,14-16,18H2,1-4H3,(H,36,42)(H,38,44)/t25-,26+,29-/m1/s1. The average molecular weight is 651 g/mol. The van der Waals surface area contributed by atoms with E-state index < -0.39 is 47.0 Å². The molecule has 2 fully saturated rings. The van der Waals surface area contributed by atoms with Crippen molar-refractivity contribution in [2.45, 2.75) is 84.0 Å². The first kappa shape index (κ1) is 33.2. The van der Waals surface area contributed by atoms with Gasteiger partial charge in [-0.1, -0.05) is 57.2 Å². The van der Waals surface area contributed by atoms with Crippen molar-refractivity contribution >= 4 is 35.3 Å². The Morgan fingerprint density at radius 1 is 1.20 bits per heavy atom. The van der Waals surface area contributed by atoms with Gasteiger partial charge in [0.25, 0.3) is 5.91 Å². The normalized spacial score (nSPS) is 19.3. The monoisotopic (exact) mass is 650 g/mol. The lowest BCUT2D eigenvalue weighted by Gasteiger charge is -2.35. The van der Waals surface area contributed by atoms with E-state index in [9.17, 15) is 28.7 Å². The van der Waals surface area contributed by atoms with Crippen molar-refractivity contribution in [2.24, 2.45) is 5.41 Å². The van der Waals surface area contributed by atoms with Crippen LogP contribution in [-0.4, -0.2) is 69.4 Å². The van der Waals surface area contributed by atoms with E-state index in [1.165, 1.54) is 16.2 Å². The van der Waals surface area contributed by atoms with Crippen LogP contribution in [0.4, 0.5) is 4.39 Å². The van der Waals surface area contributed by atoms with E-state index in [0.29, 0.717) is 16.9 Å². The molecule has 3 aromatic rings. The van der Waals surface area contributed by atoms with Gasteiger partial charge < -0.3 is 25.4 Å². The highest BCUT2D eigenvalue weighted by Crippen LogP contribution is 2.40. The highest BCUT2D eigenvalue weighted by atomic mass is 32.1. The number of alkyl halides is 1. The van der Waals surface area contributed by atoms with E-state index in [2.05, 4.69) is 15.6 Å². The number of nitrogens with zero attached hydrogens (tertiary/aromatic N) is 2. The maximum Gasteiger partial charge on any atom is 0.258 e. The van der Waals surface area contributed by atoms with Crippen LogP contribution in [0.3, 0.4) is 0 Å². The van der Waals surface area contributed by atoms with E-state index in [4.69, 9.17) is 4.74 Å². The molecule has 244 valence electrons. The van der Waals surface area contributed by atoms with Crippen molar-refractivity contribution in [1.29, 1.82) is 0 Å². The molecule has 5 rings (SSSR count). The average Bonchev–Trinajstić information content (AvgIpc) is 3.43. The topological polar surface area (TPSA) is 138 Å². The van der Waals surface area contributed by atoms with E-state index in [1.54, 1.807) is 38.4 Å². The van der Waals surface area contributed by atoms with Gasteiger partial charge in [0.05, 0.1) is 22.2 Å². The predicted octanol–water partition coefficient (Wildman–Crippen LogP) is 4.12. The van der Waals surface area contributed by atoms with Crippen LogP contribution in [-0.2, 0) is 27.5 Å². The number of hydrogen-bond acceptors (Lipinski definition) is 8. The Morgan fingerprint density at radius 2 is 1.91 bits per heavy atom. The molecule has 2 heterocycles. The second kappa shape index (κ2) is 13.3. The van der Waals surface area contributed by atoms with Gasteiger partial charge in [-0.2, -0.15) is 0 Å². The molecule has 2 aromatic carbocycles. The van der Waals surface area contributed by atoms with Crippen molar-refractivity contribution in [2.75, 3.05) is 6.54 Å². The molecule has 46 heavy (non-hydrogen) atoms. The largest absolute Gasteiger partial charge is 0.489 e. The summed E-state index contributed by atoms with van der Waals surface area (Å²) in [5, 5.41) is 16.0. The number of aromatic nitrogens is 1. The van der Waals surface area contributed by atoms with Crippen LogP contribution in [0.25, 0.3) is 10.4 Å². The second-order valence-electron chi connectivity index (χ2n) is 13.1. The number of aliphatic hydroxyl groups is 1. The Morgan fingerprint density at radius 3 is 2.52 bits per heavy atom. The summed E-state index contributed by atoms with van der Waals surface area (Å²) in [4.78, 5) is 57.5. The number of aliphatic hydroxyl groups excluding tert-OH is 1. The third-order valence-electron chi connectivity index (χ3n) is 8.39. The molecular weight excluding hydrogens is 611 g/mol. The Hall–Kier alpha value is -4.16. The van der Waals surface area contributed by atoms with Gasteiger partial charge in [0.1, 0.15) is 30.7 Å². The minimum atomic E-state index is -1.96. The quantitative estimate of drug-likeness (QED) is 0.266. The molecular formula is C34H39FN4O6S. The van der Waals surface area contributed by atoms with E-state index >= 15 is 0 Å². The summed E-state index contributed by atoms with van der Waals surface area (Å²) in [6.07, 6.45) is 0.0925. The van der Waals surface area contributed by atoms with Gasteiger partial charge in [-0.15, -0.1) is 11.3 Å². The maximum atomic E-state index is 14.5. The van der Waals surface area contributed by atoms with E-state index in [0.717, 1.165) is 28.0 Å². The number of benzene rings is 2. The van der Waals surface area contributed by atoms with Crippen molar-refractivity contribution in [3.8, 4) is 16.2 Å². The molecule has 1 saturated carbocycles. The number of nitrogens with one attached hydrogen (secondary N) is 2. The number of carbonyl (C=O) groups excluding carboxylic acids is 4. The number of ether oxygens (including phenoxy) is 1. The zero-order valence-electron chi connectivity index (χ0n) is 26.3. The fraction of sp³-hybridized carbons (Fsp3) is 0.441. The number of hydrogen-bond donors (Lipinski definition) is 3. The molecule has 10 nitrogen and oxygen atoms in total. The Bertz CT molecular complexity index is 1610. The Balaban J connectivity index is 1.32. The number of likely N-dealkylation sites (tertiary alicyclic amines) is 1. The summed E-state index contributed by atoms with van der Waals surface area (Å²) < 4.78 is 20.7. The summed E-state index contributed by atoms with van der Waals surface area (Å²) in [6.45, 7) is 7.41. The number of β-amino-alcohol motifs (C(OH)–C–C–N with tert-alkyl or cyclic N) is 1. The molecule has 0 radical (unpaired) electrons. The van der Waals surface area contributed by atoms with Crippen LogP contribution in [0.1, 0.15) is 67.2 Å². The number of rotatable bonds is 11. The zero-order chi connectivity index (χ0) is 33.2. The number of carbonyl (C=O) groups is 4. The second-order valence-corrected chi connectivity index (χ2v) is 13.9. The molecule has 3 atom stereocenters. The van der Waals surface area contributed by atoms with Crippen LogP contribution >= 0.6 is 11.3 Å². The number of aryl methyl sites for hydroxylation is 1. The van der Waals surface area contributed by atoms with Crippen LogP contribution in [0, 0.1) is 12.3 Å². The van der Waals surface area contributed by atoms with Gasteiger partial charge in [0.2, 0.25) is 11.8 Å². The highest BCUT2D eigenvalue weighted by Gasteiger charge is 2.53. The van der Waals surface area contributed by atoms with Gasteiger partial charge in [-0.3, -0.25) is 19.2 Å². The third kappa shape index (κ3) is 7.45. The molecule has 12 heteroatoms. The molecule has 0 spiro atoms.